The summed E-state index contributed by atoms with van der Waals surface area (Å²) in [6, 6.07) is 25.4. The van der Waals surface area contributed by atoms with Crippen LogP contribution in [0, 0.1) is 0 Å². The third kappa shape index (κ3) is 3.71. The molecule has 0 spiro atoms. The van der Waals surface area contributed by atoms with Gasteiger partial charge in [-0.15, -0.1) is 0 Å². The predicted molar refractivity (Wildman–Crippen MR) is 134 cm³/mol. The summed E-state index contributed by atoms with van der Waals surface area (Å²) in [4.78, 5) is 27.5. The van der Waals surface area contributed by atoms with Crippen LogP contribution >= 0.6 is 11.6 Å². The number of hydrazone groups is 1. The highest BCUT2D eigenvalue weighted by Gasteiger charge is 2.55. The van der Waals surface area contributed by atoms with Gasteiger partial charge in [0.1, 0.15) is 5.57 Å². The monoisotopic (exact) mass is 471 g/mol. The van der Waals surface area contributed by atoms with E-state index < -0.39 is 6.04 Å². The highest BCUT2D eigenvalue weighted by atomic mass is 35.5. The van der Waals surface area contributed by atoms with Crippen molar-refractivity contribution < 1.29 is 14.3 Å². The van der Waals surface area contributed by atoms with Crippen LogP contribution in [0.15, 0.2) is 90.5 Å². The van der Waals surface area contributed by atoms with Crippen molar-refractivity contribution >= 4 is 47.1 Å². The second kappa shape index (κ2) is 8.89. The normalized spacial score (nSPS) is 22.1. The number of halogens is 1. The van der Waals surface area contributed by atoms with Crippen LogP contribution in [0.1, 0.15) is 12.5 Å². The molecule has 0 saturated carbocycles. The summed E-state index contributed by atoms with van der Waals surface area (Å²) < 4.78 is 1.77. The number of carbonyl (C=O) groups is 2. The van der Waals surface area contributed by atoms with Crippen LogP contribution in [0.2, 0.25) is 5.02 Å². The van der Waals surface area contributed by atoms with Crippen molar-refractivity contribution in [2.75, 3.05) is 12.1 Å². The lowest BCUT2D eigenvalue weighted by Gasteiger charge is -2.26. The number of anilines is 1. The smallest absolute Gasteiger partial charge is 0.270 e. The number of hydrogen-bond donors (Lipinski definition) is 0. The first-order valence-corrected chi connectivity index (χ1v) is 11.5. The molecule has 3 aromatic rings. The molecule has 2 unspecified atom stereocenters. The van der Waals surface area contributed by atoms with Gasteiger partial charge >= 0.3 is 5.91 Å². The Kier molecular flexibility index (Phi) is 5.77. The fourth-order valence-electron chi connectivity index (χ4n) is 4.44. The van der Waals surface area contributed by atoms with Crippen molar-refractivity contribution in [1.82, 2.24) is 10.0 Å². The van der Waals surface area contributed by atoms with Crippen molar-refractivity contribution in [3.05, 3.63) is 101 Å². The van der Waals surface area contributed by atoms with Crippen LogP contribution in [0.3, 0.4) is 0 Å². The van der Waals surface area contributed by atoms with Crippen molar-refractivity contribution in [1.29, 1.82) is 0 Å². The quantitative estimate of drug-likeness (QED) is 0.414. The van der Waals surface area contributed by atoms with Crippen LogP contribution in [-0.2, 0) is 9.59 Å². The molecule has 0 bridgehead atoms. The SMILES string of the molecule is CC1C(N2C(=O)/C(=C/c3ccccc3Cl)C=[N+]2c2ccccc2)C(=O)N(c2ccccc2)N1C. The Labute approximate surface area is 203 Å². The van der Waals surface area contributed by atoms with Gasteiger partial charge < -0.3 is 0 Å². The fraction of sp³-hybridized carbons (Fsp3) is 0.148. The van der Waals surface area contributed by atoms with E-state index in [9.17, 15) is 9.59 Å². The lowest BCUT2D eigenvalue weighted by atomic mass is 10.1. The minimum Gasteiger partial charge on any atom is -0.270 e. The topological polar surface area (TPSA) is 46.9 Å². The van der Waals surface area contributed by atoms with Gasteiger partial charge in [-0.05, 0) is 36.8 Å². The molecule has 7 heteroatoms. The third-order valence-corrected chi connectivity index (χ3v) is 6.62. The van der Waals surface area contributed by atoms with Crippen LogP contribution in [-0.4, -0.2) is 51.9 Å². The minimum absolute atomic E-state index is 0.164. The molecule has 5 rings (SSSR count). The maximum absolute atomic E-state index is 13.8. The summed E-state index contributed by atoms with van der Waals surface area (Å²) in [5.41, 5.74) is 2.75. The first kappa shape index (κ1) is 22.1. The maximum Gasteiger partial charge on any atom is 0.315 e. The van der Waals surface area contributed by atoms with E-state index in [1.807, 2.05) is 97.8 Å². The molecule has 2 atom stereocenters. The molecule has 0 aliphatic carbocycles. The fourth-order valence-corrected chi connectivity index (χ4v) is 4.63. The lowest BCUT2D eigenvalue weighted by molar-refractivity contribution is -0.598. The van der Waals surface area contributed by atoms with Gasteiger partial charge in [0, 0.05) is 24.2 Å². The summed E-state index contributed by atoms with van der Waals surface area (Å²) in [5.74, 6) is -0.417. The first-order valence-electron chi connectivity index (χ1n) is 11.1. The summed E-state index contributed by atoms with van der Waals surface area (Å²) in [5, 5.41) is 5.64. The number of carbonyl (C=O) groups excluding carboxylic acids is 2. The molecule has 1 fully saturated rings. The second-order valence-corrected chi connectivity index (χ2v) is 8.73. The van der Waals surface area contributed by atoms with E-state index in [1.165, 1.54) is 0 Å². The zero-order valence-electron chi connectivity index (χ0n) is 18.9. The Morgan fingerprint density at radius 2 is 1.50 bits per heavy atom. The maximum atomic E-state index is 13.8. The molecule has 3 aromatic carbocycles. The van der Waals surface area contributed by atoms with E-state index in [0.717, 1.165) is 16.9 Å². The molecule has 2 amide bonds. The van der Waals surface area contributed by atoms with Gasteiger partial charge in [-0.3, -0.25) is 9.59 Å². The summed E-state index contributed by atoms with van der Waals surface area (Å²) in [6.07, 6.45) is 3.54. The Balaban J connectivity index is 1.60. The molecule has 2 aliphatic rings. The molecule has 34 heavy (non-hydrogen) atoms. The number of likely N-dealkylation sites (N-methyl/N-ethyl adjacent to an activating group) is 1. The Morgan fingerprint density at radius 3 is 2.18 bits per heavy atom. The van der Waals surface area contributed by atoms with Gasteiger partial charge in [0.2, 0.25) is 11.9 Å². The van der Waals surface area contributed by atoms with Crippen LogP contribution in [0.4, 0.5) is 11.4 Å². The largest absolute Gasteiger partial charge is 0.315 e. The second-order valence-electron chi connectivity index (χ2n) is 8.32. The van der Waals surface area contributed by atoms with Gasteiger partial charge in [0.15, 0.2) is 6.04 Å². The lowest BCUT2D eigenvalue weighted by Crippen LogP contribution is -2.50. The Morgan fingerprint density at radius 1 is 0.882 bits per heavy atom. The Hall–Kier alpha value is -3.74. The number of hydrazine groups is 2. The number of benzene rings is 3. The number of amides is 2. The minimum atomic E-state index is -0.716. The first-order chi connectivity index (χ1) is 16.5. The van der Waals surface area contributed by atoms with E-state index in [0.29, 0.717) is 10.6 Å². The van der Waals surface area contributed by atoms with Gasteiger partial charge in [0.25, 0.3) is 5.91 Å². The highest BCUT2D eigenvalue weighted by Crippen LogP contribution is 2.33. The van der Waals surface area contributed by atoms with Gasteiger partial charge in [0.05, 0.1) is 11.7 Å². The molecule has 170 valence electrons. The molecular formula is C27H24ClN4O2+. The van der Waals surface area contributed by atoms with Gasteiger partial charge in [-0.1, -0.05) is 75.9 Å². The van der Waals surface area contributed by atoms with Crippen molar-refractivity contribution in [3.63, 3.8) is 0 Å². The van der Waals surface area contributed by atoms with E-state index >= 15 is 0 Å². The molecular weight excluding hydrogens is 448 g/mol. The third-order valence-electron chi connectivity index (χ3n) is 6.27. The highest BCUT2D eigenvalue weighted by molar-refractivity contribution is 6.32. The standard InChI is InChI=1S/C27H24ClN4O2/c1-19-25(27(34)31(29(19)2)23-14-7-4-8-15-23)32-26(33)21(17-20-11-9-10-16-24(20)28)18-30(32)22-12-5-3-6-13-22/h3-19,25H,1-2H3/q+1/b21-17+. The van der Waals surface area contributed by atoms with E-state index in [-0.39, 0.29) is 17.9 Å². The van der Waals surface area contributed by atoms with E-state index in [2.05, 4.69) is 0 Å². The zero-order chi connectivity index (χ0) is 23.8. The van der Waals surface area contributed by atoms with Gasteiger partial charge in [-0.2, -0.15) is 0 Å². The molecule has 6 nitrogen and oxygen atoms in total. The number of rotatable bonds is 4. The zero-order valence-corrected chi connectivity index (χ0v) is 19.6. The molecule has 0 aromatic heterocycles. The molecule has 2 heterocycles. The Bertz CT molecular complexity index is 1310. The average Bonchev–Trinajstić information content (AvgIpc) is 3.28. The van der Waals surface area contributed by atoms with E-state index in [1.54, 1.807) is 33.1 Å². The van der Waals surface area contributed by atoms with Crippen LogP contribution in [0.25, 0.3) is 6.08 Å². The number of para-hydroxylation sites is 2. The van der Waals surface area contributed by atoms with E-state index in [4.69, 9.17) is 11.6 Å². The molecule has 0 N–H and O–H groups in total. The number of nitrogens with zero attached hydrogens (tertiary/aromatic N) is 4. The summed E-state index contributed by atoms with van der Waals surface area (Å²) in [7, 11) is 1.87. The van der Waals surface area contributed by atoms with Crippen LogP contribution in [0.5, 0.6) is 0 Å². The molecule has 1 saturated heterocycles. The molecule has 2 aliphatic heterocycles. The van der Waals surface area contributed by atoms with Gasteiger partial charge in [-0.25, -0.2) is 10.0 Å². The van der Waals surface area contributed by atoms with Crippen molar-refractivity contribution in [2.45, 2.75) is 19.0 Å². The predicted octanol–water partition coefficient (Wildman–Crippen LogP) is 4.55. The molecule has 0 radical (unpaired) electrons. The van der Waals surface area contributed by atoms with Crippen molar-refractivity contribution in [3.8, 4) is 0 Å². The summed E-state index contributed by atoms with van der Waals surface area (Å²) >= 11 is 6.36. The van der Waals surface area contributed by atoms with Crippen LogP contribution < -0.4 is 5.01 Å². The van der Waals surface area contributed by atoms with Crippen molar-refractivity contribution in [2.24, 2.45) is 0 Å². The summed E-state index contributed by atoms with van der Waals surface area (Å²) in [6.45, 7) is 1.96. The average molecular weight is 472 g/mol. The number of hydrogen-bond acceptors (Lipinski definition) is 3.